The smallest absolute Gasteiger partial charge is 0.309 e. The van der Waals surface area contributed by atoms with Crippen molar-refractivity contribution in [2.24, 2.45) is 58.2 Å². The average Bonchev–Trinajstić information content (AvgIpc) is 3.10. The molecule has 4 aliphatic rings. The Kier molecular flexibility index (Phi) is 7.72. The van der Waals surface area contributed by atoms with E-state index in [0.717, 1.165) is 32.1 Å². The van der Waals surface area contributed by atoms with Crippen LogP contribution in [-0.4, -0.2) is 57.4 Å². The van der Waals surface area contributed by atoms with Crippen molar-refractivity contribution in [2.75, 3.05) is 6.61 Å². The van der Waals surface area contributed by atoms with Gasteiger partial charge in [0.25, 0.3) is 0 Å². The molecule has 6 heteroatoms. The zero-order valence-electron chi connectivity index (χ0n) is 22.7. The van der Waals surface area contributed by atoms with Gasteiger partial charge in [0.05, 0.1) is 36.9 Å². The van der Waals surface area contributed by atoms with E-state index in [-0.39, 0.29) is 35.1 Å². The topological polar surface area (TPSA) is 107 Å². The van der Waals surface area contributed by atoms with Crippen LogP contribution in [0.3, 0.4) is 0 Å². The highest BCUT2D eigenvalue weighted by Gasteiger charge is 2.64. The Hall–Kier alpha value is -0.690. The second kappa shape index (κ2) is 9.89. The lowest BCUT2D eigenvalue weighted by Gasteiger charge is -2.56. The van der Waals surface area contributed by atoms with Gasteiger partial charge in [-0.15, -0.1) is 0 Å². The van der Waals surface area contributed by atoms with Gasteiger partial charge in [0.2, 0.25) is 0 Å². The van der Waals surface area contributed by atoms with Crippen LogP contribution < -0.4 is 0 Å². The first-order chi connectivity index (χ1) is 16.4. The van der Waals surface area contributed by atoms with Crippen LogP contribution in [-0.2, 0) is 9.53 Å². The summed E-state index contributed by atoms with van der Waals surface area (Å²) in [5, 5.41) is 43.9. The van der Waals surface area contributed by atoms with Gasteiger partial charge in [-0.25, -0.2) is 0 Å². The molecule has 0 amide bonds. The van der Waals surface area contributed by atoms with Gasteiger partial charge < -0.3 is 25.2 Å². The van der Waals surface area contributed by atoms with Crippen molar-refractivity contribution in [3.05, 3.63) is 0 Å². The van der Waals surface area contributed by atoms with E-state index in [1.165, 1.54) is 0 Å². The van der Waals surface area contributed by atoms with Crippen LogP contribution in [0.4, 0.5) is 0 Å². The number of carbonyl (C=O) groups is 1. The molecule has 202 valence electrons. The number of aliphatic hydroxyl groups excluding tert-OH is 4. The van der Waals surface area contributed by atoms with E-state index in [2.05, 4.69) is 41.5 Å². The highest BCUT2D eigenvalue weighted by Crippen LogP contribution is 2.66. The number of ether oxygens (including phenoxy) is 1. The van der Waals surface area contributed by atoms with Crippen molar-refractivity contribution in [2.45, 2.75) is 111 Å². The standard InChI is InChI=1S/C29H50O6/c1-7-18(15(2)3)26(33)25(32)16(4)20-8-9-21-19-14-35-27(34)23-12-17(30)13-24(31)29(23,6)22(19)10-11-28(20,21)5/h15-26,30-33H,7-14H2,1-6H3/t16-,17+,18-,19?,20?,21?,22?,23?,24-,25-,26-,28+,29+/m0/s1. The molecular weight excluding hydrogens is 444 g/mol. The van der Waals surface area contributed by atoms with Gasteiger partial charge >= 0.3 is 5.97 Å². The van der Waals surface area contributed by atoms with Crippen molar-refractivity contribution in [3.8, 4) is 0 Å². The first-order valence-corrected chi connectivity index (χ1v) is 14.3. The molecule has 4 N–H and O–H groups in total. The number of cyclic esters (lactones) is 1. The predicted octanol–water partition coefficient (Wildman–Crippen LogP) is 3.78. The Morgan fingerprint density at radius 1 is 1.00 bits per heavy atom. The number of aliphatic hydroxyl groups is 4. The first-order valence-electron chi connectivity index (χ1n) is 14.3. The number of carbonyl (C=O) groups excluding carboxylic acids is 1. The zero-order chi connectivity index (χ0) is 25.9. The molecule has 1 heterocycles. The van der Waals surface area contributed by atoms with Crippen molar-refractivity contribution < 1.29 is 30.0 Å². The number of hydrogen-bond acceptors (Lipinski definition) is 6. The minimum absolute atomic E-state index is 0.00254. The predicted molar refractivity (Wildman–Crippen MR) is 134 cm³/mol. The van der Waals surface area contributed by atoms with Crippen LogP contribution in [0.25, 0.3) is 0 Å². The quantitative estimate of drug-likeness (QED) is 0.419. The lowest BCUT2D eigenvalue weighted by molar-refractivity contribution is -0.169. The molecule has 4 rings (SSSR count). The number of hydrogen-bond donors (Lipinski definition) is 4. The van der Waals surface area contributed by atoms with Gasteiger partial charge in [0.1, 0.15) is 0 Å². The van der Waals surface area contributed by atoms with Crippen LogP contribution >= 0.6 is 0 Å². The first kappa shape index (κ1) is 27.3. The van der Waals surface area contributed by atoms with E-state index in [1.807, 2.05) is 0 Å². The van der Waals surface area contributed by atoms with E-state index in [4.69, 9.17) is 4.74 Å². The summed E-state index contributed by atoms with van der Waals surface area (Å²) in [5.74, 6) is 0.652. The normalized spacial score (nSPS) is 47.1. The third kappa shape index (κ3) is 4.28. The lowest BCUT2D eigenvalue weighted by Crippen LogP contribution is -2.57. The summed E-state index contributed by atoms with van der Waals surface area (Å²) in [4.78, 5) is 13.0. The molecule has 0 aromatic heterocycles. The molecule has 35 heavy (non-hydrogen) atoms. The summed E-state index contributed by atoms with van der Waals surface area (Å²) in [6.07, 6.45) is 2.61. The second-order valence-corrected chi connectivity index (χ2v) is 13.5. The molecule has 5 unspecified atom stereocenters. The third-order valence-corrected chi connectivity index (χ3v) is 11.8. The van der Waals surface area contributed by atoms with Crippen LogP contribution in [0.15, 0.2) is 0 Å². The summed E-state index contributed by atoms with van der Waals surface area (Å²) >= 11 is 0. The van der Waals surface area contributed by atoms with Gasteiger partial charge in [0.15, 0.2) is 0 Å². The van der Waals surface area contributed by atoms with Gasteiger partial charge in [-0.3, -0.25) is 4.79 Å². The molecule has 13 atom stereocenters. The minimum Gasteiger partial charge on any atom is -0.465 e. The molecular formula is C29H50O6. The van der Waals surface area contributed by atoms with Crippen LogP contribution in [0, 0.1) is 58.2 Å². The maximum absolute atomic E-state index is 13.0. The Balaban J connectivity index is 1.58. The van der Waals surface area contributed by atoms with E-state index in [0.29, 0.717) is 37.2 Å². The van der Waals surface area contributed by atoms with Crippen molar-refractivity contribution in [1.82, 2.24) is 0 Å². The van der Waals surface area contributed by atoms with Gasteiger partial charge in [-0.1, -0.05) is 48.0 Å². The van der Waals surface area contributed by atoms with Crippen molar-refractivity contribution >= 4 is 5.97 Å². The summed E-state index contributed by atoms with van der Waals surface area (Å²) < 4.78 is 5.86. The molecule has 0 spiro atoms. The Bertz CT molecular complexity index is 770. The van der Waals surface area contributed by atoms with Crippen LogP contribution in [0.5, 0.6) is 0 Å². The van der Waals surface area contributed by atoms with Gasteiger partial charge in [0, 0.05) is 5.41 Å². The maximum Gasteiger partial charge on any atom is 0.309 e. The molecule has 4 fully saturated rings. The molecule has 1 aliphatic heterocycles. The molecule has 6 nitrogen and oxygen atoms in total. The summed E-state index contributed by atoms with van der Waals surface area (Å²) in [7, 11) is 0. The summed E-state index contributed by atoms with van der Waals surface area (Å²) in [5.41, 5.74) is -0.577. The van der Waals surface area contributed by atoms with E-state index in [9.17, 15) is 25.2 Å². The lowest BCUT2D eigenvalue weighted by atomic mass is 9.48. The third-order valence-electron chi connectivity index (χ3n) is 11.8. The molecule has 3 saturated carbocycles. The average molecular weight is 495 g/mol. The number of fused-ring (bicyclic) bond motifs is 5. The van der Waals surface area contributed by atoms with Crippen LogP contribution in [0.1, 0.15) is 86.5 Å². The molecule has 1 saturated heterocycles. The van der Waals surface area contributed by atoms with Gasteiger partial charge in [-0.05, 0) is 85.4 Å². The fourth-order valence-electron chi connectivity index (χ4n) is 9.61. The second-order valence-electron chi connectivity index (χ2n) is 13.5. The zero-order valence-corrected chi connectivity index (χ0v) is 22.7. The highest BCUT2D eigenvalue weighted by molar-refractivity contribution is 5.74. The van der Waals surface area contributed by atoms with Crippen molar-refractivity contribution in [3.63, 3.8) is 0 Å². The summed E-state index contributed by atoms with van der Waals surface area (Å²) in [6, 6.07) is 0. The largest absolute Gasteiger partial charge is 0.465 e. The van der Waals surface area contributed by atoms with Crippen molar-refractivity contribution in [1.29, 1.82) is 0 Å². The number of esters is 1. The Morgan fingerprint density at radius 2 is 1.69 bits per heavy atom. The fourth-order valence-corrected chi connectivity index (χ4v) is 9.61. The molecule has 0 bridgehead atoms. The molecule has 0 radical (unpaired) electrons. The van der Waals surface area contributed by atoms with E-state index < -0.39 is 35.7 Å². The Morgan fingerprint density at radius 3 is 2.31 bits per heavy atom. The van der Waals surface area contributed by atoms with E-state index >= 15 is 0 Å². The molecule has 0 aromatic carbocycles. The van der Waals surface area contributed by atoms with Crippen LogP contribution in [0.2, 0.25) is 0 Å². The minimum atomic E-state index is -0.754. The molecule has 0 aromatic rings. The highest BCUT2D eigenvalue weighted by atomic mass is 16.5. The SMILES string of the molecule is CC[C@@H](C(C)C)[C@H](O)[C@@H](O)[C@@H](C)C1CCC2C3COC(=O)C4C[C@@H](O)C[C@H](O)[C@]4(C)C3CC[C@@]21C. The maximum atomic E-state index is 13.0. The van der Waals surface area contributed by atoms with Gasteiger partial charge in [-0.2, -0.15) is 0 Å². The Labute approximate surface area is 211 Å². The summed E-state index contributed by atoms with van der Waals surface area (Å²) in [6.45, 7) is 13.2. The monoisotopic (exact) mass is 494 g/mol. The number of rotatable bonds is 6. The van der Waals surface area contributed by atoms with E-state index in [1.54, 1.807) is 0 Å². The fraction of sp³-hybridized carbons (Fsp3) is 0.966. The molecule has 3 aliphatic carbocycles.